The minimum absolute atomic E-state index is 0.00842. The third kappa shape index (κ3) is 4.57. The molecule has 5 rings (SSSR count). The fourth-order valence-electron chi connectivity index (χ4n) is 5.73. The number of amides is 1. The SMILES string of the molecule is CC(C)(C)OC(=O)NC(c1nc2cnc3[nH]ccc3c2[nH]1)C1CC2CC(NCC(F)(F)F)C1C2. The van der Waals surface area contributed by atoms with Gasteiger partial charge in [-0.3, -0.25) is 0 Å². The van der Waals surface area contributed by atoms with Gasteiger partial charge in [-0.05, 0) is 63.9 Å². The molecule has 0 aliphatic heterocycles. The molecule has 1 amide bonds. The monoisotopic (exact) mass is 478 g/mol. The Hall–Kier alpha value is -2.82. The van der Waals surface area contributed by atoms with E-state index >= 15 is 0 Å². The summed E-state index contributed by atoms with van der Waals surface area (Å²) in [6.07, 6.45) is 0.962. The Bertz CT molecular complexity index is 1200. The molecule has 0 aromatic carbocycles. The van der Waals surface area contributed by atoms with Gasteiger partial charge in [0.1, 0.15) is 22.6 Å². The second-order valence-electron chi connectivity index (χ2n) is 10.5. The number of carbonyl (C=O) groups is 1. The van der Waals surface area contributed by atoms with Gasteiger partial charge in [-0.1, -0.05) is 0 Å². The molecular weight excluding hydrogens is 449 g/mol. The first-order chi connectivity index (χ1) is 16.0. The van der Waals surface area contributed by atoms with Gasteiger partial charge in [0.05, 0.1) is 24.3 Å². The van der Waals surface area contributed by atoms with E-state index in [9.17, 15) is 18.0 Å². The summed E-state index contributed by atoms with van der Waals surface area (Å²) in [4.78, 5) is 28.3. The van der Waals surface area contributed by atoms with E-state index in [1.54, 1.807) is 33.2 Å². The lowest BCUT2D eigenvalue weighted by molar-refractivity contribution is -0.127. The van der Waals surface area contributed by atoms with Crippen LogP contribution in [0.3, 0.4) is 0 Å². The number of imidazole rings is 1. The molecule has 8 nitrogen and oxygen atoms in total. The molecule has 5 atom stereocenters. The molecule has 0 radical (unpaired) electrons. The van der Waals surface area contributed by atoms with Crippen LogP contribution in [0.5, 0.6) is 0 Å². The average Bonchev–Trinajstić information content (AvgIpc) is 3.50. The van der Waals surface area contributed by atoms with Crippen molar-refractivity contribution in [3.8, 4) is 0 Å². The summed E-state index contributed by atoms with van der Waals surface area (Å²) in [5.74, 6) is 0.785. The maximum absolute atomic E-state index is 12.9. The highest BCUT2D eigenvalue weighted by Gasteiger charge is 2.50. The van der Waals surface area contributed by atoms with Gasteiger partial charge in [-0.25, -0.2) is 14.8 Å². The summed E-state index contributed by atoms with van der Waals surface area (Å²) in [6, 6.07) is 1.12. The average molecular weight is 479 g/mol. The second kappa shape index (κ2) is 8.14. The Morgan fingerprint density at radius 1 is 1.26 bits per heavy atom. The summed E-state index contributed by atoms with van der Waals surface area (Å²) >= 11 is 0. The lowest BCUT2D eigenvalue weighted by Crippen LogP contribution is -2.46. The van der Waals surface area contributed by atoms with Crippen LogP contribution in [0.2, 0.25) is 0 Å². The van der Waals surface area contributed by atoms with Gasteiger partial charge in [0.2, 0.25) is 0 Å². The fraction of sp³-hybridized carbons (Fsp3) is 0.609. The number of H-pyrrole nitrogens is 2. The van der Waals surface area contributed by atoms with Gasteiger partial charge in [-0.15, -0.1) is 0 Å². The predicted octanol–water partition coefficient (Wildman–Crippen LogP) is 4.57. The molecule has 3 aromatic rings. The van der Waals surface area contributed by atoms with E-state index in [-0.39, 0.29) is 17.9 Å². The van der Waals surface area contributed by atoms with Crippen molar-refractivity contribution in [2.24, 2.45) is 17.8 Å². The van der Waals surface area contributed by atoms with Crippen LogP contribution in [0.15, 0.2) is 18.5 Å². The molecule has 2 fully saturated rings. The zero-order chi connectivity index (χ0) is 24.3. The van der Waals surface area contributed by atoms with Crippen molar-refractivity contribution in [1.29, 1.82) is 0 Å². The Balaban J connectivity index is 1.46. The number of nitrogens with one attached hydrogen (secondary N) is 4. The predicted molar refractivity (Wildman–Crippen MR) is 120 cm³/mol. The van der Waals surface area contributed by atoms with Crippen LogP contribution in [0.25, 0.3) is 22.1 Å². The first-order valence-corrected chi connectivity index (χ1v) is 11.6. The quantitative estimate of drug-likeness (QED) is 0.430. The van der Waals surface area contributed by atoms with Crippen LogP contribution < -0.4 is 10.6 Å². The normalized spacial score (nSPS) is 25.8. The highest BCUT2D eigenvalue weighted by Crippen LogP contribution is 2.52. The number of alkyl carbamates (subject to hydrolysis) is 1. The molecule has 2 saturated carbocycles. The molecule has 0 spiro atoms. The number of halogens is 3. The van der Waals surface area contributed by atoms with Gasteiger partial charge in [0, 0.05) is 17.6 Å². The van der Waals surface area contributed by atoms with E-state index in [4.69, 9.17) is 9.72 Å². The lowest BCUT2D eigenvalue weighted by atomic mass is 9.80. The van der Waals surface area contributed by atoms with Crippen LogP contribution in [-0.2, 0) is 4.74 Å². The van der Waals surface area contributed by atoms with Crippen molar-refractivity contribution in [3.63, 3.8) is 0 Å². The number of hydrogen-bond donors (Lipinski definition) is 4. The zero-order valence-electron chi connectivity index (χ0n) is 19.3. The van der Waals surface area contributed by atoms with E-state index in [0.717, 1.165) is 29.4 Å². The van der Waals surface area contributed by atoms with Gasteiger partial charge < -0.3 is 25.3 Å². The number of ether oxygens (including phenoxy) is 1. The standard InChI is InChI=1S/C23H29F3N6O2/c1-22(2,3)34-21(33)32-18(14-7-11-6-13(14)15(8-11)29-10-23(24,25)26)20-30-16-9-28-19-12(4-5-27-19)17(16)31-20/h4-5,9,11,13-15,18,29H,6-8,10H2,1-3H3,(H,27,28)(H,30,31)(H,32,33). The maximum Gasteiger partial charge on any atom is 0.408 e. The summed E-state index contributed by atoms with van der Waals surface area (Å²) in [5, 5.41) is 6.57. The van der Waals surface area contributed by atoms with Crippen LogP contribution in [0.4, 0.5) is 18.0 Å². The van der Waals surface area contributed by atoms with Crippen molar-refractivity contribution in [1.82, 2.24) is 30.6 Å². The number of alkyl halides is 3. The molecule has 2 aliphatic carbocycles. The lowest BCUT2D eigenvalue weighted by Gasteiger charge is -2.35. The Labute approximate surface area is 194 Å². The largest absolute Gasteiger partial charge is 0.444 e. The summed E-state index contributed by atoms with van der Waals surface area (Å²) in [7, 11) is 0. The minimum atomic E-state index is -4.26. The van der Waals surface area contributed by atoms with E-state index < -0.39 is 30.5 Å². The number of rotatable bonds is 5. The molecule has 0 saturated heterocycles. The van der Waals surface area contributed by atoms with Gasteiger partial charge >= 0.3 is 12.3 Å². The van der Waals surface area contributed by atoms with Crippen molar-refractivity contribution < 1.29 is 22.7 Å². The molecule has 4 N–H and O–H groups in total. The van der Waals surface area contributed by atoms with Crippen LogP contribution in [-0.4, -0.2) is 50.4 Å². The van der Waals surface area contributed by atoms with Crippen molar-refractivity contribution in [2.75, 3.05) is 6.54 Å². The maximum atomic E-state index is 12.9. The highest BCUT2D eigenvalue weighted by atomic mass is 19.4. The molecule has 5 unspecified atom stereocenters. The van der Waals surface area contributed by atoms with Crippen molar-refractivity contribution >= 4 is 28.2 Å². The second-order valence-corrected chi connectivity index (χ2v) is 10.5. The van der Waals surface area contributed by atoms with Gasteiger partial charge in [0.25, 0.3) is 0 Å². The van der Waals surface area contributed by atoms with Crippen LogP contribution >= 0.6 is 0 Å². The number of aromatic amines is 2. The minimum Gasteiger partial charge on any atom is -0.444 e. The third-order valence-electron chi connectivity index (χ3n) is 6.89. The molecule has 184 valence electrons. The van der Waals surface area contributed by atoms with E-state index in [0.29, 0.717) is 23.7 Å². The van der Waals surface area contributed by atoms with Crippen molar-refractivity contribution in [2.45, 2.75) is 63.9 Å². The molecule has 3 heterocycles. The van der Waals surface area contributed by atoms with E-state index in [2.05, 4.69) is 25.6 Å². The number of pyridine rings is 1. The van der Waals surface area contributed by atoms with Gasteiger partial charge in [-0.2, -0.15) is 13.2 Å². The zero-order valence-corrected chi connectivity index (χ0v) is 19.3. The van der Waals surface area contributed by atoms with Crippen LogP contribution in [0, 0.1) is 17.8 Å². The first kappa shape index (κ1) is 22.9. The number of aromatic nitrogens is 4. The molecule has 2 bridgehead atoms. The summed E-state index contributed by atoms with van der Waals surface area (Å²) in [5.41, 5.74) is 1.49. The van der Waals surface area contributed by atoms with Crippen LogP contribution in [0.1, 0.15) is 51.9 Å². The number of hydrogen-bond acceptors (Lipinski definition) is 5. The number of nitrogens with zero attached hydrogens (tertiary/aromatic N) is 2. The molecule has 34 heavy (non-hydrogen) atoms. The third-order valence-corrected chi connectivity index (χ3v) is 6.89. The number of carbonyl (C=O) groups excluding carboxylic acids is 1. The molecule has 11 heteroatoms. The Kier molecular flexibility index (Phi) is 5.50. The molecule has 3 aromatic heterocycles. The topological polar surface area (TPSA) is 108 Å². The summed E-state index contributed by atoms with van der Waals surface area (Å²) in [6.45, 7) is 4.34. The Morgan fingerprint density at radius 3 is 2.76 bits per heavy atom. The van der Waals surface area contributed by atoms with E-state index in [1.807, 2.05) is 6.07 Å². The smallest absolute Gasteiger partial charge is 0.408 e. The Morgan fingerprint density at radius 2 is 2.06 bits per heavy atom. The number of fused-ring (bicyclic) bond motifs is 5. The van der Waals surface area contributed by atoms with E-state index in [1.165, 1.54) is 0 Å². The van der Waals surface area contributed by atoms with Gasteiger partial charge in [0.15, 0.2) is 0 Å². The highest BCUT2D eigenvalue weighted by molar-refractivity contribution is 6.00. The fourth-order valence-corrected chi connectivity index (χ4v) is 5.73. The van der Waals surface area contributed by atoms with Crippen molar-refractivity contribution in [3.05, 3.63) is 24.3 Å². The molecule has 2 aliphatic rings. The summed E-state index contributed by atoms with van der Waals surface area (Å²) < 4.78 is 44.1. The first-order valence-electron chi connectivity index (χ1n) is 11.6. The molecular formula is C23H29F3N6O2.